The van der Waals surface area contributed by atoms with Crippen LogP contribution in [0.15, 0.2) is 18.2 Å². The van der Waals surface area contributed by atoms with Crippen molar-refractivity contribution in [3.63, 3.8) is 0 Å². The molecule has 0 aliphatic heterocycles. The van der Waals surface area contributed by atoms with Gasteiger partial charge in [0.1, 0.15) is 0 Å². The molecule has 1 fully saturated rings. The van der Waals surface area contributed by atoms with Crippen LogP contribution < -0.4 is 5.73 Å². The van der Waals surface area contributed by atoms with Crippen molar-refractivity contribution in [1.29, 1.82) is 5.26 Å². The Morgan fingerprint density at radius 1 is 1.35 bits per heavy atom. The van der Waals surface area contributed by atoms with Crippen molar-refractivity contribution in [2.24, 2.45) is 11.8 Å². The topological polar surface area (TPSA) is 67.6 Å². The number of aromatic nitrogens is 2. The monoisotopic (exact) mass is 268 g/mol. The van der Waals surface area contributed by atoms with E-state index in [0.717, 1.165) is 17.5 Å². The highest BCUT2D eigenvalue weighted by molar-refractivity contribution is 5.80. The number of nitrogens with two attached hydrogens (primary N) is 1. The quantitative estimate of drug-likeness (QED) is 0.860. The third-order valence-electron chi connectivity index (χ3n) is 4.84. The van der Waals surface area contributed by atoms with Crippen molar-refractivity contribution >= 4 is 17.0 Å². The Morgan fingerprint density at radius 3 is 2.90 bits per heavy atom. The zero-order valence-corrected chi connectivity index (χ0v) is 12.0. The van der Waals surface area contributed by atoms with Crippen molar-refractivity contribution in [2.45, 2.75) is 39.2 Å². The molecule has 0 amide bonds. The molecule has 4 nitrogen and oxygen atoms in total. The first-order valence-electron chi connectivity index (χ1n) is 7.29. The Kier molecular flexibility index (Phi) is 3.13. The van der Waals surface area contributed by atoms with Gasteiger partial charge in [-0.05, 0) is 36.5 Å². The number of nitriles is 1. The summed E-state index contributed by atoms with van der Waals surface area (Å²) >= 11 is 0. The van der Waals surface area contributed by atoms with E-state index in [1.165, 1.54) is 12.8 Å². The van der Waals surface area contributed by atoms with E-state index in [2.05, 4.69) is 29.5 Å². The maximum Gasteiger partial charge on any atom is 0.201 e. The Hall–Kier alpha value is -2.02. The zero-order valence-electron chi connectivity index (χ0n) is 12.0. The van der Waals surface area contributed by atoms with E-state index in [1.54, 1.807) is 6.07 Å². The zero-order chi connectivity index (χ0) is 14.3. The van der Waals surface area contributed by atoms with E-state index in [0.29, 0.717) is 29.4 Å². The van der Waals surface area contributed by atoms with Crippen molar-refractivity contribution < 1.29 is 0 Å². The third kappa shape index (κ3) is 1.94. The highest BCUT2D eigenvalue weighted by atomic mass is 15.2. The molecule has 0 radical (unpaired) electrons. The Morgan fingerprint density at radius 2 is 2.15 bits per heavy atom. The van der Waals surface area contributed by atoms with Crippen LogP contribution in [-0.4, -0.2) is 9.55 Å². The summed E-state index contributed by atoms with van der Waals surface area (Å²) in [4.78, 5) is 4.45. The van der Waals surface area contributed by atoms with Crippen molar-refractivity contribution in [2.75, 3.05) is 5.73 Å². The van der Waals surface area contributed by atoms with Gasteiger partial charge in [-0.15, -0.1) is 0 Å². The van der Waals surface area contributed by atoms with Gasteiger partial charge in [0.2, 0.25) is 5.95 Å². The summed E-state index contributed by atoms with van der Waals surface area (Å²) in [5.41, 5.74) is 8.69. The van der Waals surface area contributed by atoms with Gasteiger partial charge in [0, 0.05) is 6.04 Å². The molecule has 1 aromatic carbocycles. The molecule has 1 saturated carbocycles. The molecule has 1 aliphatic carbocycles. The molecule has 1 aromatic heterocycles. The molecule has 1 aliphatic rings. The molecule has 0 spiro atoms. The number of rotatable bonds is 1. The average Bonchev–Trinajstić information content (AvgIpc) is 2.77. The fraction of sp³-hybridized carbons (Fsp3) is 0.500. The minimum Gasteiger partial charge on any atom is -0.369 e. The van der Waals surface area contributed by atoms with Crippen LogP contribution in [0, 0.1) is 23.2 Å². The fourth-order valence-corrected chi connectivity index (χ4v) is 3.45. The number of hydrogen-bond donors (Lipinski definition) is 1. The van der Waals surface area contributed by atoms with E-state index >= 15 is 0 Å². The number of benzene rings is 1. The molecule has 3 atom stereocenters. The van der Waals surface area contributed by atoms with Crippen LogP contribution in [0.5, 0.6) is 0 Å². The van der Waals surface area contributed by atoms with E-state index in [4.69, 9.17) is 11.0 Å². The number of hydrogen-bond acceptors (Lipinski definition) is 3. The number of imidazole rings is 1. The largest absolute Gasteiger partial charge is 0.369 e. The number of nitrogens with zero attached hydrogens (tertiary/aromatic N) is 3. The second-order valence-corrected chi connectivity index (χ2v) is 5.99. The predicted molar refractivity (Wildman–Crippen MR) is 80.1 cm³/mol. The third-order valence-corrected chi connectivity index (χ3v) is 4.84. The van der Waals surface area contributed by atoms with Crippen molar-refractivity contribution in [3.05, 3.63) is 23.8 Å². The van der Waals surface area contributed by atoms with Crippen molar-refractivity contribution in [3.8, 4) is 6.07 Å². The summed E-state index contributed by atoms with van der Waals surface area (Å²) in [5.74, 6) is 1.85. The van der Waals surface area contributed by atoms with Gasteiger partial charge in [-0.1, -0.05) is 26.7 Å². The first-order valence-corrected chi connectivity index (χ1v) is 7.29. The Labute approximate surface area is 119 Å². The Balaban J connectivity index is 2.15. The first kappa shape index (κ1) is 13.0. The van der Waals surface area contributed by atoms with E-state index in [1.807, 2.05) is 12.1 Å². The number of fused-ring (bicyclic) bond motifs is 1. The van der Waals surface area contributed by atoms with Gasteiger partial charge in [0.25, 0.3) is 0 Å². The van der Waals surface area contributed by atoms with Crippen LogP contribution in [0.25, 0.3) is 11.0 Å². The van der Waals surface area contributed by atoms with Gasteiger partial charge in [0.15, 0.2) is 0 Å². The van der Waals surface area contributed by atoms with Crippen LogP contribution >= 0.6 is 0 Å². The SMILES string of the molecule is CC1CCCC(n2c(N)nc3ccc(C#N)cc32)C1C. The molecule has 2 aromatic rings. The summed E-state index contributed by atoms with van der Waals surface area (Å²) < 4.78 is 2.15. The minimum atomic E-state index is 0.387. The van der Waals surface area contributed by atoms with Gasteiger partial charge in [-0.25, -0.2) is 4.98 Å². The van der Waals surface area contributed by atoms with Gasteiger partial charge in [0.05, 0.1) is 22.7 Å². The van der Waals surface area contributed by atoms with E-state index in [9.17, 15) is 0 Å². The Bertz CT molecular complexity index is 680. The molecule has 1 heterocycles. The molecular formula is C16H20N4. The normalized spacial score (nSPS) is 26.6. The van der Waals surface area contributed by atoms with Crippen LogP contribution in [0.1, 0.15) is 44.7 Å². The molecule has 3 unspecified atom stereocenters. The van der Waals surface area contributed by atoms with E-state index < -0.39 is 0 Å². The smallest absolute Gasteiger partial charge is 0.201 e. The van der Waals surface area contributed by atoms with Gasteiger partial charge in [-0.2, -0.15) is 5.26 Å². The lowest BCUT2D eigenvalue weighted by molar-refractivity contribution is 0.191. The molecule has 2 N–H and O–H groups in total. The summed E-state index contributed by atoms with van der Waals surface area (Å²) in [5, 5.41) is 9.09. The first-order chi connectivity index (χ1) is 9.61. The lowest BCUT2D eigenvalue weighted by Gasteiger charge is -2.35. The number of nitrogen functional groups attached to an aromatic ring is 1. The molecule has 4 heteroatoms. The summed E-state index contributed by atoms with van der Waals surface area (Å²) in [6, 6.07) is 8.17. The number of anilines is 1. The van der Waals surface area contributed by atoms with Gasteiger partial charge >= 0.3 is 0 Å². The average molecular weight is 268 g/mol. The van der Waals surface area contributed by atoms with Crippen LogP contribution in [0.2, 0.25) is 0 Å². The molecule has 3 rings (SSSR count). The highest BCUT2D eigenvalue weighted by Crippen LogP contribution is 2.40. The highest BCUT2D eigenvalue weighted by Gasteiger charge is 2.30. The maximum atomic E-state index is 9.09. The molecule has 104 valence electrons. The second kappa shape index (κ2) is 4.82. The minimum absolute atomic E-state index is 0.387. The second-order valence-electron chi connectivity index (χ2n) is 5.99. The molecule has 0 saturated heterocycles. The molecule has 20 heavy (non-hydrogen) atoms. The lowest BCUT2D eigenvalue weighted by atomic mass is 9.78. The van der Waals surface area contributed by atoms with Crippen LogP contribution in [-0.2, 0) is 0 Å². The summed E-state index contributed by atoms with van der Waals surface area (Å²) in [6.07, 6.45) is 3.65. The lowest BCUT2D eigenvalue weighted by Crippen LogP contribution is -2.27. The van der Waals surface area contributed by atoms with Crippen molar-refractivity contribution in [1.82, 2.24) is 9.55 Å². The summed E-state index contributed by atoms with van der Waals surface area (Å²) in [7, 11) is 0. The van der Waals surface area contributed by atoms with E-state index in [-0.39, 0.29) is 0 Å². The maximum absolute atomic E-state index is 9.09. The van der Waals surface area contributed by atoms with Crippen LogP contribution in [0.4, 0.5) is 5.95 Å². The van der Waals surface area contributed by atoms with Gasteiger partial charge < -0.3 is 10.3 Å². The predicted octanol–water partition coefficient (Wildman–Crippen LogP) is 3.49. The van der Waals surface area contributed by atoms with Gasteiger partial charge in [-0.3, -0.25) is 0 Å². The van der Waals surface area contributed by atoms with Crippen LogP contribution in [0.3, 0.4) is 0 Å². The molecular weight excluding hydrogens is 248 g/mol. The fourth-order valence-electron chi connectivity index (χ4n) is 3.45. The molecule has 0 bridgehead atoms. The summed E-state index contributed by atoms with van der Waals surface area (Å²) in [6.45, 7) is 4.61. The standard InChI is InChI=1S/C16H20N4/c1-10-4-3-5-14(11(10)2)20-15-8-12(9-17)6-7-13(15)19-16(20)18/h6-8,10-11,14H,3-5H2,1-2H3,(H2,18,19).